The van der Waals surface area contributed by atoms with E-state index in [0.29, 0.717) is 5.92 Å². The molecule has 1 aromatic rings. The van der Waals surface area contributed by atoms with Crippen molar-refractivity contribution in [2.24, 2.45) is 0 Å². The van der Waals surface area contributed by atoms with Crippen LogP contribution in [0.3, 0.4) is 0 Å². The molecule has 14 heavy (non-hydrogen) atoms. The van der Waals surface area contributed by atoms with Crippen molar-refractivity contribution in [2.75, 3.05) is 7.11 Å². The number of ether oxygens (including phenoxy) is 1. The first-order valence-electron chi connectivity index (χ1n) is 4.40. The number of benzene rings is 1. The highest BCUT2D eigenvalue weighted by molar-refractivity contribution is 6.13. The molecule has 0 unspecified atom stereocenters. The van der Waals surface area contributed by atoms with Gasteiger partial charge in [-0.3, -0.25) is 0 Å². The molecule has 0 saturated heterocycles. The Morgan fingerprint density at radius 1 is 1.21 bits per heavy atom. The molecule has 1 radical (unpaired) electrons. The minimum atomic E-state index is 0. The lowest BCUT2D eigenvalue weighted by Crippen LogP contribution is -1.92. The van der Waals surface area contributed by atoms with Gasteiger partial charge in [0.15, 0.2) is 0 Å². The molecule has 0 aliphatic carbocycles. The van der Waals surface area contributed by atoms with Crippen LogP contribution in [0.5, 0.6) is 5.75 Å². The zero-order valence-electron chi connectivity index (χ0n) is 8.77. The summed E-state index contributed by atoms with van der Waals surface area (Å²) in [5, 5.41) is 14.0. The van der Waals surface area contributed by atoms with Gasteiger partial charge in [0.05, 0.1) is 7.11 Å². The van der Waals surface area contributed by atoms with Gasteiger partial charge in [-0.1, -0.05) is 32.0 Å². The molecule has 0 spiro atoms. The van der Waals surface area contributed by atoms with E-state index < -0.39 is 0 Å². The standard InChI is InChI=1S/C10H14O.BH2O2/c1-8(2)9-6-4-5-7-10(9)11-3;2-1-3/h4-8H,1-3H3;2-3H. The maximum Gasteiger partial charge on any atom is 0.482 e. The summed E-state index contributed by atoms with van der Waals surface area (Å²) in [5.41, 5.74) is 1.27. The molecule has 77 valence electrons. The average molecular weight is 195 g/mol. The highest BCUT2D eigenvalue weighted by Gasteiger charge is 2.03. The largest absolute Gasteiger partial charge is 0.496 e. The monoisotopic (exact) mass is 195 g/mol. The number of hydrogen-bond acceptors (Lipinski definition) is 3. The van der Waals surface area contributed by atoms with Crippen LogP contribution < -0.4 is 4.74 Å². The molecule has 0 aliphatic rings. The van der Waals surface area contributed by atoms with Gasteiger partial charge in [0, 0.05) is 0 Å². The van der Waals surface area contributed by atoms with Crippen LogP contribution >= 0.6 is 0 Å². The van der Waals surface area contributed by atoms with Crippen LogP contribution in [-0.2, 0) is 0 Å². The zero-order chi connectivity index (χ0) is 11.0. The maximum absolute atomic E-state index is 7.00. The SMILES string of the molecule is COc1ccccc1C(C)C.O[B]O. The number of hydrogen-bond donors (Lipinski definition) is 2. The van der Waals surface area contributed by atoms with E-state index in [1.54, 1.807) is 7.11 Å². The predicted molar refractivity (Wildman–Crippen MR) is 57.3 cm³/mol. The molecule has 4 heteroatoms. The van der Waals surface area contributed by atoms with Crippen LogP contribution in [0.4, 0.5) is 0 Å². The molecule has 0 aromatic heterocycles. The van der Waals surface area contributed by atoms with Crippen molar-refractivity contribution >= 4 is 7.69 Å². The van der Waals surface area contributed by atoms with Gasteiger partial charge in [-0.2, -0.15) is 0 Å². The van der Waals surface area contributed by atoms with Crippen LogP contribution in [0.1, 0.15) is 25.3 Å². The first-order valence-corrected chi connectivity index (χ1v) is 4.40. The smallest absolute Gasteiger partial charge is 0.482 e. The molecule has 1 rings (SSSR count). The Morgan fingerprint density at radius 3 is 2.07 bits per heavy atom. The Bertz CT molecular complexity index is 251. The molecule has 0 aliphatic heterocycles. The predicted octanol–water partition coefficient (Wildman–Crippen LogP) is 1.32. The van der Waals surface area contributed by atoms with E-state index in [1.807, 2.05) is 18.2 Å². The minimum absolute atomic E-state index is 0. The maximum atomic E-state index is 7.00. The van der Waals surface area contributed by atoms with Crippen LogP contribution in [0, 0.1) is 0 Å². The third kappa shape index (κ3) is 4.30. The van der Waals surface area contributed by atoms with E-state index in [1.165, 1.54) is 5.56 Å². The van der Waals surface area contributed by atoms with Crippen LogP contribution in [0.15, 0.2) is 24.3 Å². The summed E-state index contributed by atoms with van der Waals surface area (Å²) < 4.78 is 5.21. The minimum Gasteiger partial charge on any atom is -0.496 e. The van der Waals surface area contributed by atoms with Gasteiger partial charge in [0.25, 0.3) is 0 Å². The molecular formula is C10H16BO3. The van der Waals surface area contributed by atoms with Crippen LogP contribution in [0.25, 0.3) is 0 Å². The fourth-order valence-electron chi connectivity index (χ4n) is 1.14. The third-order valence-corrected chi connectivity index (χ3v) is 1.76. The Kier molecular flexibility index (Phi) is 6.89. The topological polar surface area (TPSA) is 49.7 Å². The second kappa shape index (κ2) is 7.41. The van der Waals surface area contributed by atoms with Crippen molar-refractivity contribution in [3.8, 4) is 5.75 Å². The average Bonchev–Trinajstić information content (AvgIpc) is 2.19. The molecule has 1 aromatic carbocycles. The van der Waals surface area contributed by atoms with Crippen molar-refractivity contribution in [1.82, 2.24) is 0 Å². The molecule has 0 amide bonds. The van der Waals surface area contributed by atoms with E-state index in [-0.39, 0.29) is 7.69 Å². The summed E-state index contributed by atoms with van der Waals surface area (Å²) in [7, 11) is 1.71. The highest BCUT2D eigenvalue weighted by atomic mass is 16.5. The van der Waals surface area contributed by atoms with Gasteiger partial charge in [0.2, 0.25) is 0 Å². The second-order valence-corrected chi connectivity index (χ2v) is 3.01. The summed E-state index contributed by atoms with van der Waals surface area (Å²) in [5.74, 6) is 1.52. The Morgan fingerprint density at radius 2 is 1.71 bits per heavy atom. The molecule has 0 heterocycles. The first kappa shape index (κ1) is 13.0. The Hall–Kier alpha value is -0.995. The lowest BCUT2D eigenvalue weighted by Gasteiger charge is -2.10. The van der Waals surface area contributed by atoms with Gasteiger partial charge in [-0.15, -0.1) is 0 Å². The third-order valence-electron chi connectivity index (χ3n) is 1.76. The van der Waals surface area contributed by atoms with Crippen LogP contribution in [-0.4, -0.2) is 24.8 Å². The van der Waals surface area contributed by atoms with Crippen LogP contribution in [0.2, 0.25) is 0 Å². The fraction of sp³-hybridized carbons (Fsp3) is 0.400. The quantitative estimate of drug-likeness (QED) is 0.699. The van der Waals surface area contributed by atoms with E-state index in [0.717, 1.165) is 5.75 Å². The van der Waals surface area contributed by atoms with Gasteiger partial charge in [0.1, 0.15) is 5.75 Å². The Balaban J connectivity index is 0.000000500. The molecule has 3 nitrogen and oxygen atoms in total. The fourth-order valence-corrected chi connectivity index (χ4v) is 1.14. The van der Waals surface area contributed by atoms with Crippen molar-refractivity contribution in [3.05, 3.63) is 29.8 Å². The van der Waals surface area contributed by atoms with E-state index in [9.17, 15) is 0 Å². The second-order valence-electron chi connectivity index (χ2n) is 3.01. The summed E-state index contributed by atoms with van der Waals surface area (Å²) in [4.78, 5) is 0. The first-order chi connectivity index (χ1) is 6.67. The van der Waals surface area contributed by atoms with Gasteiger partial charge >= 0.3 is 7.69 Å². The van der Waals surface area contributed by atoms with E-state index in [4.69, 9.17) is 14.8 Å². The summed E-state index contributed by atoms with van der Waals surface area (Å²) in [6.45, 7) is 4.33. The Labute approximate surface area is 85.7 Å². The summed E-state index contributed by atoms with van der Waals surface area (Å²) in [6, 6.07) is 8.13. The molecule has 0 fully saturated rings. The van der Waals surface area contributed by atoms with Crippen molar-refractivity contribution < 1.29 is 14.8 Å². The highest BCUT2D eigenvalue weighted by Crippen LogP contribution is 2.24. The van der Waals surface area contributed by atoms with Crippen molar-refractivity contribution in [3.63, 3.8) is 0 Å². The number of para-hydroxylation sites is 1. The summed E-state index contributed by atoms with van der Waals surface area (Å²) in [6.07, 6.45) is 0. The lowest BCUT2D eigenvalue weighted by molar-refractivity contribution is 0.407. The van der Waals surface area contributed by atoms with Gasteiger partial charge < -0.3 is 14.8 Å². The van der Waals surface area contributed by atoms with Crippen molar-refractivity contribution in [1.29, 1.82) is 0 Å². The molecule has 2 N–H and O–H groups in total. The lowest BCUT2D eigenvalue weighted by atomic mass is 10.0. The van der Waals surface area contributed by atoms with Gasteiger partial charge in [-0.25, -0.2) is 0 Å². The molecular weight excluding hydrogens is 179 g/mol. The summed E-state index contributed by atoms with van der Waals surface area (Å²) >= 11 is 0. The number of rotatable bonds is 2. The normalized spacial score (nSPS) is 9.00. The van der Waals surface area contributed by atoms with Crippen molar-refractivity contribution in [2.45, 2.75) is 19.8 Å². The molecule has 0 atom stereocenters. The van der Waals surface area contributed by atoms with E-state index >= 15 is 0 Å². The number of methoxy groups -OCH3 is 1. The van der Waals surface area contributed by atoms with E-state index in [2.05, 4.69) is 19.9 Å². The molecule has 0 bridgehead atoms. The van der Waals surface area contributed by atoms with Gasteiger partial charge in [-0.05, 0) is 17.5 Å². The molecule has 0 saturated carbocycles. The zero-order valence-corrected chi connectivity index (χ0v) is 8.77.